The molecule has 0 spiro atoms. The molecule has 4 saturated heterocycles. The lowest BCUT2D eigenvalue weighted by Crippen LogP contribution is -2.29. The Morgan fingerprint density at radius 2 is 1.20 bits per heavy atom. The summed E-state index contributed by atoms with van der Waals surface area (Å²) in [6.45, 7) is 12.1. The van der Waals surface area contributed by atoms with Crippen LogP contribution in [0.25, 0.3) is 0 Å². The summed E-state index contributed by atoms with van der Waals surface area (Å²) in [4.78, 5) is 49.2. The lowest BCUT2D eigenvalue weighted by Gasteiger charge is -2.20. The fraction of sp³-hybridized carbons (Fsp3) is 0.588. The van der Waals surface area contributed by atoms with Crippen LogP contribution >= 0.6 is 0 Å². The van der Waals surface area contributed by atoms with Gasteiger partial charge in [0.2, 0.25) is 0 Å². The van der Waals surface area contributed by atoms with Crippen molar-refractivity contribution in [2.45, 2.75) is 101 Å². The fourth-order valence-electron chi connectivity index (χ4n) is 7.06. The monoisotopic (exact) mass is 608 g/mol. The van der Waals surface area contributed by atoms with Gasteiger partial charge in [-0.25, -0.2) is 19.2 Å². The quantitative estimate of drug-likeness (QED) is 0.143. The predicted octanol–water partition coefficient (Wildman–Crippen LogP) is 4.14. The molecule has 6 rings (SSSR count). The number of rotatable bonds is 6. The van der Waals surface area contributed by atoms with Crippen LogP contribution in [0, 0.1) is 11.8 Å². The zero-order valence-corrected chi connectivity index (χ0v) is 25.3. The number of ether oxygens (including phenoxy) is 6. The largest absolute Gasteiger partial charge is 0.458 e. The van der Waals surface area contributed by atoms with Gasteiger partial charge in [0.25, 0.3) is 0 Å². The topological polar surface area (TPSA) is 130 Å². The fourth-order valence-corrected chi connectivity index (χ4v) is 7.06. The Balaban J connectivity index is 0.979. The van der Waals surface area contributed by atoms with Crippen molar-refractivity contribution >= 4 is 23.9 Å². The Kier molecular flexibility index (Phi) is 8.17. The Labute approximate surface area is 257 Å². The summed E-state index contributed by atoms with van der Waals surface area (Å²) in [6, 6.07) is 0. The summed E-state index contributed by atoms with van der Waals surface area (Å²) in [5.41, 5.74) is 2.11. The van der Waals surface area contributed by atoms with Gasteiger partial charge in [-0.2, -0.15) is 0 Å². The number of carbonyl (C=O) groups is 4. The molecule has 0 bridgehead atoms. The van der Waals surface area contributed by atoms with Crippen molar-refractivity contribution in [1.82, 2.24) is 0 Å². The minimum absolute atomic E-state index is 0.0773. The second-order valence-corrected chi connectivity index (χ2v) is 13.1. The van der Waals surface area contributed by atoms with Crippen molar-refractivity contribution in [3.05, 3.63) is 59.8 Å². The van der Waals surface area contributed by atoms with Crippen LogP contribution in [0.3, 0.4) is 0 Å². The van der Waals surface area contributed by atoms with Crippen molar-refractivity contribution in [2.24, 2.45) is 11.8 Å². The third-order valence-electron chi connectivity index (χ3n) is 10.0. The van der Waals surface area contributed by atoms with Crippen molar-refractivity contribution in [1.29, 1.82) is 0 Å². The smallest absolute Gasteiger partial charge is 0.334 e. The minimum atomic E-state index is -0.653. The molecular formula is C34H40O10. The van der Waals surface area contributed by atoms with Crippen LogP contribution in [0.5, 0.6) is 0 Å². The molecular weight excluding hydrogens is 568 g/mol. The molecule has 8 atom stereocenters. The number of allylic oxidation sites excluding steroid dienone is 2. The molecule has 0 N–H and O–H groups in total. The average Bonchev–Trinajstić information content (AvgIpc) is 3.80. The summed E-state index contributed by atoms with van der Waals surface area (Å²) >= 11 is 0. The molecule has 4 aliphatic heterocycles. The highest BCUT2D eigenvalue weighted by atomic mass is 16.7. The van der Waals surface area contributed by atoms with Gasteiger partial charge in [-0.05, 0) is 76.4 Å². The Bertz CT molecular complexity index is 1270. The highest BCUT2D eigenvalue weighted by Crippen LogP contribution is 2.51. The van der Waals surface area contributed by atoms with E-state index < -0.39 is 11.9 Å². The number of hydrogen-bond donors (Lipinski definition) is 0. The molecule has 0 radical (unpaired) electrons. The second kappa shape index (κ2) is 11.8. The number of carbonyl (C=O) groups excluding carboxylic acids is 4. The zero-order chi connectivity index (χ0) is 31.2. The van der Waals surface area contributed by atoms with Gasteiger partial charge in [-0.3, -0.25) is 0 Å². The molecule has 0 aromatic rings. The van der Waals surface area contributed by atoms with Gasteiger partial charge < -0.3 is 28.4 Å². The normalized spacial score (nSPS) is 40.5. The zero-order valence-electron chi connectivity index (χ0n) is 25.3. The van der Waals surface area contributed by atoms with E-state index in [0.717, 1.165) is 49.0 Å². The van der Waals surface area contributed by atoms with E-state index in [9.17, 15) is 19.2 Å². The lowest BCUT2D eigenvalue weighted by atomic mass is 9.84. The van der Waals surface area contributed by atoms with Gasteiger partial charge in [-0.1, -0.05) is 25.3 Å². The lowest BCUT2D eigenvalue weighted by molar-refractivity contribution is -0.140. The molecule has 10 heteroatoms. The maximum Gasteiger partial charge on any atom is 0.334 e. The standard InChI is InChI=1S/C34H40O10/c1-19-23-11-9-21(7-5-15-33(3)29(43-33)27(23)41-31(19)37)17-39-25(35)13-14-26(36)40-18-22-8-6-16-34(4)30(44-34)28-24(12-10-22)20(2)32(38)42-28/h7-8,13-14,23-24,27-30H,1-2,5-6,9-12,15-18H2,3-4H3/b14-13+,21-7+,22-8+/t23-,24-,27-,28-,29-,30-,33+,34+/m0/s1. The molecule has 0 aromatic carbocycles. The maximum atomic E-state index is 12.4. The van der Waals surface area contributed by atoms with E-state index in [1.807, 2.05) is 13.8 Å². The van der Waals surface area contributed by atoms with Crippen molar-refractivity contribution in [2.75, 3.05) is 13.2 Å². The van der Waals surface area contributed by atoms with E-state index in [1.54, 1.807) is 0 Å². The van der Waals surface area contributed by atoms with Crippen molar-refractivity contribution in [3.63, 3.8) is 0 Å². The summed E-state index contributed by atoms with van der Waals surface area (Å²) in [7, 11) is 0. The predicted molar refractivity (Wildman–Crippen MR) is 156 cm³/mol. The molecule has 2 aliphatic carbocycles. The van der Waals surface area contributed by atoms with Gasteiger partial charge in [0.05, 0.1) is 11.2 Å². The number of fused-ring (bicyclic) bond motifs is 6. The molecule has 44 heavy (non-hydrogen) atoms. The van der Waals surface area contributed by atoms with Crippen molar-refractivity contribution in [3.8, 4) is 0 Å². The van der Waals surface area contributed by atoms with Crippen LogP contribution < -0.4 is 0 Å². The molecule has 10 nitrogen and oxygen atoms in total. The molecule has 236 valence electrons. The van der Waals surface area contributed by atoms with Crippen LogP contribution in [0.1, 0.15) is 65.2 Å². The van der Waals surface area contributed by atoms with Crippen LogP contribution in [0.15, 0.2) is 59.8 Å². The Hall–Kier alpha value is -3.50. The van der Waals surface area contributed by atoms with Crippen LogP contribution in [-0.2, 0) is 47.6 Å². The third kappa shape index (κ3) is 6.19. The van der Waals surface area contributed by atoms with Crippen LogP contribution in [0.4, 0.5) is 0 Å². The minimum Gasteiger partial charge on any atom is -0.458 e. The number of epoxide rings is 2. The number of hydrogen-bond acceptors (Lipinski definition) is 10. The number of esters is 4. The van der Waals surface area contributed by atoms with Gasteiger partial charge in [-0.15, -0.1) is 0 Å². The molecule has 6 aliphatic rings. The van der Waals surface area contributed by atoms with E-state index in [1.165, 1.54) is 0 Å². The summed E-state index contributed by atoms with van der Waals surface area (Å²) in [6.07, 6.45) is 10.9. The van der Waals surface area contributed by atoms with Gasteiger partial charge in [0.15, 0.2) is 0 Å². The van der Waals surface area contributed by atoms with Crippen LogP contribution in [0.2, 0.25) is 0 Å². The molecule has 0 unspecified atom stereocenters. The summed E-state index contributed by atoms with van der Waals surface area (Å²) in [5.74, 6) is -2.33. The first-order valence-corrected chi connectivity index (χ1v) is 15.5. The highest BCUT2D eigenvalue weighted by molar-refractivity contribution is 5.92. The van der Waals surface area contributed by atoms with Gasteiger partial charge in [0, 0.05) is 35.1 Å². The van der Waals surface area contributed by atoms with E-state index in [0.29, 0.717) is 36.8 Å². The molecule has 0 saturated carbocycles. The van der Waals surface area contributed by atoms with Gasteiger partial charge in [0.1, 0.15) is 37.6 Å². The molecule has 0 amide bonds. The SMILES string of the molecule is C=C1C(=O)O[C@H]2[C@H]1CC/C(COC(=O)/C=C/C(=O)OC/C1=C/CC[C@@]3(C)O[C@H]3[C@H]3OC(=O)C(=C)[C@@H]3CC1)=C\CC[C@@]1(C)O[C@@H]21. The van der Waals surface area contributed by atoms with E-state index in [-0.39, 0.29) is 72.6 Å². The Morgan fingerprint density at radius 1 is 0.795 bits per heavy atom. The Morgan fingerprint density at radius 3 is 1.61 bits per heavy atom. The molecule has 4 fully saturated rings. The summed E-state index contributed by atoms with van der Waals surface area (Å²) < 4.78 is 33.9. The first-order chi connectivity index (χ1) is 21.0. The van der Waals surface area contributed by atoms with Crippen LogP contribution in [-0.4, -0.2) is 72.7 Å². The molecule has 0 aromatic heterocycles. The second-order valence-electron chi connectivity index (χ2n) is 13.1. The van der Waals surface area contributed by atoms with Gasteiger partial charge >= 0.3 is 23.9 Å². The maximum absolute atomic E-state index is 12.4. The third-order valence-corrected chi connectivity index (χ3v) is 10.0. The first-order valence-electron chi connectivity index (χ1n) is 15.5. The van der Waals surface area contributed by atoms with Crippen molar-refractivity contribution < 1.29 is 47.6 Å². The van der Waals surface area contributed by atoms with E-state index in [4.69, 9.17) is 28.4 Å². The highest BCUT2D eigenvalue weighted by Gasteiger charge is 2.62. The van der Waals surface area contributed by atoms with E-state index in [2.05, 4.69) is 25.3 Å². The van der Waals surface area contributed by atoms with E-state index >= 15 is 0 Å². The molecule has 4 heterocycles. The summed E-state index contributed by atoms with van der Waals surface area (Å²) in [5, 5.41) is 0. The first kappa shape index (κ1) is 30.5. The average molecular weight is 609 g/mol.